The van der Waals surface area contributed by atoms with E-state index in [4.69, 9.17) is 0 Å². The highest BCUT2D eigenvalue weighted by Gasteiger charge is 2.09. The first-order chi connectivity index (χ1) is 8.57. The average Bonchev–Trinajstić information content (AvgIpc) is 2.32. The molecule has 0 aromatic heterocycles. The number of rotatable bonds is 8. The minimum absolute atomic E-state index is 0.0948. The van der Waals surface area contributed by atoms with Crippen molar-refractivity contribution in [2.24, 2.45) is 0 Å². The molecule has 0 aliphatic carbocycles. The van der Waals surface area contributed by atoms with Crippen molar-refractivity contribution in [2.45, 2.75) is 26.7 Å². The van der Waals surface area contributed by atoms with Crippen molar-refractivity contribution in [3.63, 3.8) is 0 Å². The number of hydrogen-bond donors (Lipinski definition) is 2. The molecule has 0 fully saturated rings. The SMILES string of the molecule is CCCc1ccc(NS(=O)(=O)CCNCC)cc1. The van der Waals surface area contributed by atoms with Crippen LogP contribution in [-0.2, 0) is 16.4 Å². The second-order valence-electron chi connectivity index (χ2n) is 4.22. The van der Waals surface area contributed by atoms with Gasteiger partial charge in [-0.25, -0.2) is 8.42 Å². The van der Waals surface area contributed by atoms with Gasteiger partial charge < -0.3 is 5.32 Å². The molecular weight excluding hydrogens is 248 g/mol. The first kappa shape index (κ1) is 15.0. The maximum Gasteiger partial charge on any atom is 0.233 e. The van der Waals surface area contributed by atoms with Gasteiger partial charge in [-0.2, -0.15) is 0 Å². The van der Waals surface area contributed by atoms with Gasteiger partial charge in [-0.1, -0.05) is 32.4 Å². The molecule has 2 N–H and O–H groups in total. The molecule has 1 aromatic rings. The molecular formula is C13H22N2O2S. The van der Waals surface area contributed by atoms with Gasteiger partial charge in [0.1, 0.15) is 0 Å². The molecule has 18 heavy (non-hydrogen) atoms. The van der Waals surface area contributed by atoms with E-state index in [2.05, 4.69) is 17.0 Å². The Hall–Kier alpha value is -1.07. The zero-order valence-electron chi connectivity index (χ0n) is 11.1. The molecule has 4 nitrogen and oxygen atoms in total. The summed E-state index contributed by atoms with van der Waals surface area (Å²) in [5, 5.41) is 3.00. The van der Waals surface area contributed by atoms with Crippen molar-refractivity contribution in [3.05, 3.63) is 29.8 Å². The van der Waals surface area contributed by atoms with Gasteiger partial charge in [0, 0.05) is 12.2 Å². The average molecular weight is 270 g/mol. The van der Waals surface area contributed by atoms with E-state index in [0.717, 1.165) is 19.4 Å². The Labute approximate surface area is 110 Å². The van der Waals surface area contributed by atoms with E-state index in [1.807, 2.05) is 31.2 Å². The van der Waals surface area contributed by atoms with Crippen molar-refractivity contribution in [1.82, 2.24) is 5.32 Å². The van der Waals surface area contributed by atoms with E-state index >= 15 is 0 Å². The first-order valence-corrected chi connectivity index (χ1v) is 8.02. The number of anilines is 1. The minimum atomic E-state index is -3.24. The lowest BCUT2D eigenvalue weighted by Gasteiger charge is -2.08. The van der Waals surface area contributed by atoms with Crippen LogP contribution in [-0.4, -0.2) is 27.3 Å². The number of nitrogens with one attached hydrogen (secondary N) is 2. The van der Waals surface area contributed by atoms with Crippen LogP contribution in [0.3, 0.4) is 0 Å². The summed E-state index contributed by atoms with van der Waals surface area (Å²) in [6.45, 7) is 5.32. The second-order valence-corrected chi connectivity index (χ2v) is 6.06. The minimum Gasteiger partial charge on any atom is -0.316 e. The first-order valence-electron chi connectivity index (χ1n) is 6.37. The summed E-state index contributed by atoms with van der Waals surface area (Å²) in [5.41, 5.74) is 1.86. The van der Waals surface area contributed by atoms with E-state index < -0.39 is 10.0 Å². The Kier molecular flexibility index (Phi) is 6.15. The van der Waals surface area contributed by atoms with Crippen LogP contribution in [0.5, 0.6) is 0 Å². The third-order valence-electron chi connectivity index (χ3n) is 2.56. The summed E-state index contributed by atoms with van der Waals surface area (Å²) in [6.07, 6.45) is 2.11. The van der Waals surface area contributed by atoms with Gasteiger partial charge in [0.05, 0.1) is 5.75 Å². The fourth-order valence-corrected chi connectivity index (χ4v) is 2.65. The smallest absolute Gasteiger partial charge is 0.233 e. The Morgan fingerprint density at radius 1 is 1.11 bits per heavy atom. The highest BCUT2D eigenvalue weighted by atomic mass is 32.2. The molecule has 1 aromatic carbocycles. The topological polar surface area (TPSA) is 58.2 Å². The Morgan fingerprint density at radius 2 is 1.78 bits per heavy atom. The van der Waals surface area contributed by atoms with Crippen LogP contribution < -0.4 is 10.0 Å². The van der Waals surface area contributed by atoms with Gasteiger partial charge in [0.2, 0.25) is 10.0 Å². The van der Waals surface area contributed by atoms with Gasteiger partial charge in [-0.05, 0) is 30.7 Å². The van der Waals surface area contributed by atoms with Crippen LogP contribution in [0.25, 0.3) is 0 Å². The van der Waals surface area contributed by atoms with Crippen LogP contribution in [0.1, 0.15) is 25.8 Å². The van der Waals surface area contributed by atoms with Crippen molar-refractivity contribution >= 4 is 15.7 Å². The molecule has 0 spiro atoms. The number of aryl methyl sites for hydroxylation is 1. The molecule has 5 heteroatoms. The zero-order valence-corrected chi connectivity index (χ0v) is 11.9. The van der Waals surface area contributed by atoms with Gasteiger partial charge in [-0.15, -0.1) is 0 Å². The molecule has 0 bridgehead atoms. The number of sulfonamides is 1. The molecule has 0 heterocycles. The molecule has 0 atom stereocenters. The third-order valence-corrected chi connectivity index (χ3v) is 3.85. The van der Waals surface area contributed by atoms with Gasteiger partial charge in [-0.3, -0.25) is 4.72 Å². The molecule has 1 rings (SSSR count). The highest BCUT2D eigenvalue weighted by molar-refractivity contribution is 7.92. The normalized spacial score (nSPS) is 11.4. The van der Waals surface area contributed by atoms with Crippen LogP contribution in [0, 0.1) is 0 Å². The van der Waals surface area contributed by atoms with E-state index in [1.54, 1.807) is 0 Å². The van der Waals surface area contributed by atoms with Crippen molar-refractivity contribution in [3.8, 4) is 0 Å². The van der Waals surface area contributed by atoms with Crippen LogP contribution >= 0.6 is 0 Å². The van der Waals surface area contributed by atoms with Gasteiger partial charge in [0.25, 0.3) is 0 Å². The largest absolute Gasteiger partial charge is 0.316 e. The Morgan fingerprint density at radius 3 is 2.33 bits per heavy atom. The molecule has 0 saturated carbocycles. The second kappa shape index (κ2) is 7.38. The monoisotopic (exact) mass is 270 g/mol. The standard InChI is InChI=1S/C13H22N2O2S/c1-3-5-12-6-8-13(9-7-12)15-18(16,17)11-10-14-4-2/h6-9,14-15H,3-5,10-11H2,1-2H3. The highest BCUT2D eigenvalue weighted by Crippen LogP contribution is 2.12. The number of hydrogen-bond acceptors (Lipinski definition) is 3. The third kappa shape index (κ3) is 5.51. The molecule has 0 aliphatic heterocycles. The fraction of sp³-hybridized carbons (Fsp3) is 0.538. The van der Waals surface area contributed by atoms with Gasteiger partial charge in [0.15, 0.2) is 0 Å². The molecule has 0 saturated heterocycles. The molecule has 0 radical (unpaired) electrons. The lowest BCUT2D eigenvalue weighted by Crippen LogP contribution is -2.26. The summed E-state index contributed by atoms with van der Waals surface area (Å²) in [5.74, 6) is 0.0948. The molecule has 102 valence electrons. The van der Waals surface area contributed by atoms with Crippen molar-refractivity contribution < 1.29 is 8.42 Å². The van der Waals surface area contributed by atoms with Crippen LogP contribution in [0.4, 0.5) is 5.69 Å². The summed E-state index contributed by atoms with van der Waals surface area (Å²) < 4.78 is 26.0. The Balaban J connectivity index is 2.55. The van der Waals surface area contributed by atoms with E-state index in [1.165, 1.54) is 5.56 Å². The van der Waals surface area contributed by atoms with Gasteiger partial charge >= 0.3 is 0 Å². The number of benzene rings is 1. The van der Waals surface area contributed by atoms with Crippen LogP contribution in [0.15, 0.2) is 24.3 Å². The lowest BCUT2D eigenvalue weighted by molar-refractivity contribution is 0.597. The molecule has 0 unspecified atom stereocenters. The summed E-state index contributed by atoms with van der Waals surface area (Å²) in [6, 6.07) is 7.56. The molecule has 0 aliphatic rings. The maximum absolute atomic E-state index is 11.7. The summed E-state index contributed by atoms with van der Waals surface area (Å²) >= 11 is 0. The van der Waals surface area contributed by atoms with E-state index in [-0.39, 0.29) is 5.75 Å². The summed E-state index contributed by atoms with van der Waals surface area (Å²) in [7, 11) is -3.24. The van der Waals surface area contributed by atoms with Crippen LogP contribution in [0.2, 0.25) is 0 Å². The lowest BCUT2D eigenvalue weighted by atomic mass is 10.1. The van der Waals surface area contributed by atoms with Crippen molar-refractivity contribution in [2.75, 3.05) is 23.6 Å². The van der Waals surface area contributed by atoms with E-state index in [9.17, 15) is 8.42 Å². The summed E-state index contributed by atoms with van der Waals surface area (Å²) in [4.78, 5) is 0. The predicted octanol–water partition coefficient (Wildman–Crippen LogP) is 1.99. The quantitative estimate of drug-likeness (QED) is 0.710. The zero-order chi connectivity index (χ0) is 13.4. The van der Waals surface area contributed by atoms with Crippen molar-refractivity contribution in [1.29, 1.82) is 0 Å². The Bertz CT molecular complexity index is 441. The maximum atomic E-state index is 11.7. The molecule has 0 amide bonds. The fourth-order valence-electron chi connectivity index (χ4n) is 1.64. The van der Waals surface area contributed by atoms with E-state index in [0.29, 0.717) is 12.2 Å². The predicted molar refractivity (Wildman–Crippen MR) is 76.4 cm³/mol.